The van der Waals surface area contributed by atoms with Crippen LogP contribution >= 0.6 is 0 Å². The molecule has 0 fully saturated rings. The molecule has 0 unspecified atom stereocenters. The number of hydrogen-bond acceptors (Lipinski definition) is 8. The van der Waals surface area contributed by atoms with Crippen LogP contribution in [0, 0.1) is 0 Å². The molecular weight excluding hydrogens is 404 g/mol. The number of ether oxygens (including phenoxy) is 2. The Bertz CT molecular complexity index is 1150. The first-order valence-corrected chi connectivity index (χ1v) is 9.65. The number of methoxy groups -OCH3 is 1. The Kier molecular flexibility index (Phi) is 6.85. The smallest absolute Gasteiger partial charge is 0.328 e. The van der Waals surface area contributed by atoms with E-state index in [9.17, 15) is 14.4 Å². The lowest BCUT2D eigenvalue weighted by molar-refractivity contribution is -0.139. The number of hydrogen-bond donors (Lipinski definition) is 3. The lowest BCUT2D eigenvalue weighted by Crippen LogP contribution is -2.22. The highest BCUT2D eigenvalue weighted by Crippen LogP contribution is 2.19. The molecule has 1 amide bonds. The van der Waals surface area contributed by atoms with Crippen LogP contribution in [0.15, 0.2) is 29.1 Å². The summed E-state index contributed by atoms with van der Waals surface area (Å²) in [6, 6.07) is 7.33. The highest BCUT2D eigenvalue weighted by Gasteiger charge is 2.15. The average Bonchev–Trinajstić information content (AvgIpc) is 3.04. The molecule has 3 rings (SSSR count). The van der Waals surface area contributed by atoms with Crippen molar-refractivity contribution in [2.75, 3.05) is 26.0 Å². The van der Waals surface area contributed by atoms with Crippen molar-refractivity contribution in [2.24, 2.45) is 0 Å². The van der Waals surface area contributed by atoms with Gasteiger partial charge in [-0.25, -0.2) is 4.79 Å². The van der Waals surface area contributed by atoms with E-state index in [1.54, 1.807) is 6.07 Å². The number of nitrogens with zero attached hydrogens (tertiary/aromatic N) is 3. The van der Waals surface area contributed by atoms with Crippen LogP contribution in [0.4, 0.5) is 5.82 Å². The van der Waals surface area contributed by atoms with Crippen LogP contribution in [0.1, 0.15) is 24.5 Å². The van der Waals surface area contributed by atoms with Gasteiger partial charge in [-0.3, -0.25) is 14.2 Å². The first-order chi connectivity index (χ1) is 14.9. The molecule has 0 aliphatic carbocycles. The molecule has 31 heavy (non-hydrogen) atoms. The van der Waals surface area contributed by atoms with Crippen molar-refractivity contribution in [1.82, 2.24) is 24.8 Å². The van der Waals surface area contributed by atoms with Crippen LogP contribution in [0.5, 0.6) is 6.01 Å². The first-order valence-electron chi connectivity index (χ1n) is 9.65. The fourth-order valence-corrected chi connectivity index (χ4v) is 3.00. The highest BCUT2D eigenvalue weighted by atomic mass is 16.5. The predicted molar refractivity (Wildman–Crippen MR) is 113 cm³/mol. The Hall–Kier alpha value is -3.89. The van der Waals surface area contributed by atoms with Crippen LogP contribution in [0.2, 0.25) is 0 Å². The molecule has 0 aliphatic rings. The topological polar surface area (TPSA) is 154 Å². The number of anilines is 1. The molecule has 2 heterocycles. The number of rotatable bonds is 9. The van der Waals surface area contributed by atoms with Crippen molar-refractivity contribution < 1.29 is 19.1 Å². The summed E-state index contributed by atoms with van der Waals surface area (Å²) in [6.07, 6.45) is 0.701. The van der Waals surface area contributed by atoms with Crippen molar-refractivity contribution in [3.8, 4) is 6.01 Å². The first kappa shape index (κ1) is 21.8. The number of imidazole rings is 1. The summed E-state index contributed by atoms with van der Waals surface area (Å²) >= 11 is 0. The molecule has 4 N–H and O–H groups in total. The van der Waals surface area contributed by atoms with E-state index in [2.05, 4.69) is 20.3 Å². The number of aromatic amines is 1. The van der Waals surface area contributed by atoms with E-state index in [0.717, 1.165) is 11.1 Å². The molecule has 0 aliphatic heterocycles. The van der Waals surface area contributed by atoms with Gasteiger partial charge >= 0.3 is 17.7 Å². The van der Waals surface area contributed by atoms with Gasteiger partial charge in [-0.15, -0.1) is 0 Å². The minimum absolute atomic E-state index is 0.0417. The van der Waals surface area contributed by atoms with Crippen LogP contribution in [-0.2, 0) is 27.3 Å². The summed E-state index contributed by atoms with van der Waals surface area (Å²) in [5.74, 6) is -0.367. The van der Waals surface area contributed by atoms with E-state index in [-0.39, 0.29) is 43.3 Å². The number of H-pyrrole nitrogens is 1. The molecule has 164 valence electrons. The van der Waals surface area contributed by atoms with E-state index in [0.29, 0.717) is 24.1 Å². The Morgan fingerprint density at radius 1 is 1.26 bits per heavy atom. The molecule has 0 spiro atoms. The van der Waals surface area contributed by atoms with Crippen LogP contribution in [-0.4, -0.2) is 51.7 Å². The molecule has 0 atom stereocenters. The van der Waals surface area contributed by atoms with Crippen molar-refractivity contribution >= 4 is 28.9 Å². The van der Waals surface area contributed by atoms with Crippen LogP contribution in [0.3, 0.4) is 0 Å². The Balaban J connectivity index is 1.81. The Morgan fingerprint density at radius 2 is 2.03 bits per heavy atom. The maximum absolute atomic E-state index is 12.5. The molecule has 3 aromatic rings. The second kappa shape index (κ2) is 9.74. The molecule has 1 aromatic carbocycles. The summed E-state index contributed by atoms with van der Waals surface area (Å²) in [6.45, 7) is 2.39. The van der Waals surface area contributed by atoms with Crippen LogP contribution < -0.4 is 21.5 Å². The molecule has 11 nitrogen and oxygen atoms in total. The molecule has 0 radical (unpaired) electrons. The number of aromatic nitrogens is 4. The molecule has 0 bridgehead atoms. The summed E-state index contributed by atoms with van der Waals surface area (Å²) in [4.78, 5) is 46.0. The molecule has 11 heteroatoms. The van der Waals surface area contributed by atoms with Gasteiger partial charge in [0.2, 0.25) is 5.91 Å². The Labute approximate surface area is 177 Å². The third-order valence-electron chi connectivity index (χ3n) is 4.46. The number of carbonyl (C=O) groups is 2. The normalized spacial score (nSPS) is 10.8. The zero-order chi connectivity index (χ0) is 22.4. The van der Waals surface area contributed by atoms with Gasteiger partial charge in [0.25, 0.3) is 0 Å². The number of nitrogens with one attached hydrogen (secondary N) is 2. The minimum atomic E-state index is -0.392. The SMILES string of the molecule is COC(=O)Cc1cccc(Cn2c(=O)[nH]c3c(N)nc(OCCCNC(C)=O)nc32)c1. The van der Waals surface area contributed by atoms with Crippen molar-refractivity contribution in [2.45, 2.75) is 26.3 Å². The predicted octanol–water partition coefficient (Wildman–Crippen LogP) is 0.371. The number of carbonyl (C=O) groups excluding carboxylic acids is 2. The highest BCUT2D eigenvalue weighted by molar-refractivity contribution is 5.82. The monoisotopic (exact) mass is 428 g/mol. The zero-order valence-electron chi connectivity index (χ0n) is 17.3. The number of fused-ring (bicyclic) bond motifs is 1. The fourth-order valence-electron chi connectivity index (χ4n) is 3.00. The summed E-state index contributed by atoms with van der Waals surface area (Å²) in [5.41, 5.74) is 7.79. The number of esters is 1. The van der Waals surface area contributed by atoms with Crippen LogP contribution in [0.25, 0.3) is 11.2 Å². The third-order valence-corrected chi connectivity index (χ3v) is 4.46. The lowest BCUT2D eigenvalue weighted by Gasteiger charge is -2.08. The third kappa shape index (κ3) is 5.59. The summed E-state index contributed by atoms with van der Waals surface area (Å²) in [7, 11) is 1.33. The van der Waals surface area contributed by atoms with Gasteiger partial charge in [-0.2, -0.15) is 9.97 Å². The zero-order valence-corrected chi connectivity index (χ0v) is 17.3. The standard InChI is InChI=1S/C20H24N6O5/c1-12(27)22-7-4-8-31-19-24-17(21)16-18(25-19)26(20(29)23-16)11-14-6-3-5-13(9-14)10-15(28)30-2/h3,5-6,9H,4,7-8,10-11H2,1-2H3,(H,22,27)(H,23,29)(H2,21,24,25). The molecule has 0 saturated heterocycles. The lowest BCUT2D eigenvalue weighted by atomic mass is 10.1. The van der Waals surface area contributed by atoms with Gasteiger partial charge in [-0.1, -0.05) is 24.3 Å². The van der Waals surface area contributed by atoms with E-state index in [1.807, 2.05) is 18.2 Å². The van der Waals surface area contributed by atoms with Gasteiger partial charge in [0.15, 0.2) is 11.5 Å². The summed E-state index contributed by atoms with van der Waals surface area (Å²) < 4.78 is 11.7. The maximum atomic E-state index is 12.5. The summed E-state index contributed by atoms with van der Waals surface area (Å²) in [5, 5.41) is 2.67. The second-order valence-corrected chi connectivity index (χ2v) is 6.86. The van der Waals surface area contributed by atoms with Gasteiger partial charge < -0.3 is 25.5 Å². The number of benzene rings is 1. The minimum Gasteiger partial charge on any atom is -0.469 e. The molecule has 0 saturated carbocycles. The number of nitrogen functional groups attached to an aromatic ring is 1. The molecular formula is C20H24N6O5. The molecule has 2 aromatic heterocycles. The fraction of sp³-hybridized carbons (Fsp3) is 0.350. The Morgan fingerprint density at radius 3 is 2.77 bits per heavy atom. The number of amides is 1. The number of nitrogens with two attached hydrogens (primary N) is 1. The van der Waals surface area contributed by atoms with Crippen molar-refractivity contribution in [3.05, 3.63) is 45.9 Å². The van der Waals surface area contributed by atoms with E-state index < -0.39 is 5.69 Å². The van der Waals surface area contributed by atoms with Gasteiger partial charge in [-0.05, 0) is 17.5 Å². The average molecular weight is 428 g/mol. The van der Waals surface area contributed by atoms with E-state index in [4.69, 9.17) is 15.2 Å². The van der Waals surface area contributed by atoms with E-state index in [1.165, 1.54) is 18.6 Å². The maximum Gasteiger partial charge on any atom is 0.328 e. The second-order valence-electron chi connectivity index (χ2n) is 6.86. The van der Waals surface area contributed by atoms with Crippen molar-refractivity contribution in [3.63, 3.8) is 0 Å². The van der Waals surface area contributed by atoms with Gasteiger partial charge in [0.1, 0.15) is 5.52 Å². The van der Waals surface area contributed by atoms with Gasteiger partial charge in [0, 0.05) is 13.5 Å². The van der Waals surface area contributed by atoms with E-state index >= 15 is 0 Å². The van der Waals surface area contributed by atoms with Crippen molar-refractivity contribution in [1.29, 1.82) is 0 Å². The van der Waals surface area contributed by atoms with Gasteiger partial charge in [0.05, 0.1) is 26.7 Å². The largest absolute Gasteiger partial charge is 0.469 e. The quantitative estimate of drug-likeness (QED) is 0.326.